The molecule has 0 aromatic carbocycles. The maximum absolute atomic E-state index is 6.20. The molecule has 4 heterocycles. The molecule has 0 spiro atoms. The highest BCUT2D eigenvalue weighted by atomic mass is 15.3. The number of anilines is 1. The number of nitrogen functional groups attached to an aromatic ring is 1. The van der Waals surface area contributed by atoms with Crippen LogP contribution >= 0.6 is 0 Å². The number of hydrogen-bond acceptors (Lipinski definition) is 4. The summed E-state index contributed by atoms with van der Waals surface area (Å²) in [7, 11) is 0. The number of nitrogens with two attached hydrogens (primary N) is 1. The molecular weight excluding hydrogens is 250 g/mol. The molecule has 0 amide bonds. The van der Waals surface area contributed by atoms with E-state index in [0.29, 0.717) is 18.0 Å². The van der Waals surface area contributed by atoms with Crippen LogP contribution < -0.4 is 5.73 Å². The Labute approximate surface area is 118 Å². The Morgan fingerprint density at radius 1 is 1.20 bits per heavy atom. The number of aryl methyl sites for hydroxylation is 1. The summed E-state index contributed by atoms with van der Waals surface area (Å²) < 4.78 is 2.19. The van der Waals surface area contributed by atoms with E-state index in [-0.39, 0.29) is 0 Å². The van der Waals surface area contributed by atoms with E-state index >= 15 is 0 Å². The van der Waals surface area contributed by atoms with E-state index < -0.39 is 0 Å². The summed E-state index contributed by atoms with van der Waals surface area (Å²) in [6.45, 7) is 4.46. The van der Waals surface area contributed by atoms with Crippen LogP contribution in [0.2, 0.25) is 0 Å². The Morgan fingerprint density at radius 2 is 2.10 bits per heavy atom. The lowest BCUT2D eigenvalue weighted by atomic mass is 9.99. The van der Waals surface area contributed by atoms with Crippen LogP contribution in [0.5, 0.6) is 0 Å². The molecule has 4 rings (SSSR count). The number of hydrogen-bond donors (Lipinski definition) is 1. The first-order valence-corrected chi connectivity index (χ1v) is 7.58. The summed E-state index contributed by atoms with van der Waals surface area (Å²) >= 11 is 0. The fraction of sp³-hybridized carbons (Fsp3) is 0.600. The van der Waals surface area contributed by atoms with Crippen molar-refractivity contribution in [2.75, 3.05) is 18.8 Å². The van der Waals surface area contributed by atoms with Gasteiger partial charge in [-0.2, -0.15) is 0 Å². The van der Waals surface area contributed by atoms with Gasteiger partial charge in [0.1, 0.15) is 5.52 Å². The lowest BCUT2D eigenvalue weighted by Gasteiger charge is -2.33. The molecule has 2 saturated heterocycles. The molecule has 2 aromatic heterocycles. The molecule has 2 aromatic rings. The van der Waals surface area contributed by atoms with E-state index in [1.165, 1.54) is 32.4 Å². The fourth-order valence-electron chi connectivity index (χ4n) is 3.95. The SMILES string of the molecule is Cc1cnc2c(c1)nc(N)n2C1CCN2CCCCC12. The van der Waals surface area contributed by atoms with E-state index in [2.05, 4.69) is 25.5 Å². The Hall–Kier alpha value is -1.62. The Balaban J connectivity index is 1.80. The molecule has 106 valence electrons. The molecule has 2 fully saturated rings. The van der Waals surface area contributed by atoms with Crippen LogP contribution in [0.1, 0.15) is 37.3 Å². The molecule has 5 nitrogen and oxygen atoms in total. The Morgan fingerprint density at radius 3 is 3.00 bits per heavy atom. The number of rotatable bonds is 1. The average molecular weight is 271 g/mol. The highest BCUT2D eigenvalue weighted by Crippen LogP contribution is 2.37. The van der Waals surface area contributed by atoms with Crippen molar-refractivity contribution in [2.24, 2.45) is 0 Å². The lowest BCUT2D eigenvalue weighted by molar-refractivity contribution is 0.175. The van der Waals surface area contributed by atoms with E-state index in [1.54, 1.807) is 0 Å². The number of fused-ring (bicyclic) bond motifs is 2. The van der Waals surface area contributed by atoms with Gasteiger partial charge in [0.15, 0.2) is 5.65 Å². The molecule has 0 bridgehead atoms. The zero-order chi connectivity index (χ0) is 13.7. The van der Waals surface area contributed by atoms with Crippen LogP contribution in [0.4, 0.5) is 5.95 Å². The van der Waals surface area contributed by atoms with E-state index in [4.69, 9.17) is 5.73 Å². The second-order valence-electron chi connectivity index (χ2n) is 6.15. The smallest absolute Gasteiger partial charge is 0.202 e. The van der Waals surface area contributed by atoms with Gasteiger partial charge in [-0.25, -0.2) is 9.97 Å². The first-order chi connectivity index (χ1) is 9.74. The van der Waals surface area contributed by atoms with Crippen LogP contribution in [0, 0.1) is 6.92 Å². The van der Waals surface area contributed by atoms with Crippen LogP contribution in [0.15, 0.2) is 12.3 Å². The highest BCUT2D eigenvalue weighted by molar-refractivity contribution is 5.74. The van der Waals surface area contributed by atoms with Gasteiger partial charge in [-0.15, -0.1) is 0 Å². The number of imidazole rings is 1. The standard InChI is InChI=1S/C15H21N5/c1-10-8-11-14(17-9-10)20(15(16)18-11)13-5-7-19-6-3-2-4-12(13)19/h8-9,12-13H,2-7H2,1H3,(H2,16,18). The number of nitrogens with zero attached hydrogens (tertiary/aromatic N) is 4. The Kier molecular flexibility index (Phi) is 2.70. The monoisotopic (exact) mass is 271 g/mol. The normalized spacial score (nSPS) is 27.1. The van der Waals surface area contributed by atoms with Gasteiger partial charge in [0.25, 0.3) is 0 Å². The van der Waals surface area contributed by atoms with Gasteiger partial charge in [-0.05, 0) is 44.4 Å². The second-order valence-corrected chi connectivity index (χ2v) is 6.15. The molecule has 2 atom stereocenters. The molecule has 5 heteroatoms. The minimum Gasteiger partial charge on any atom is -0.369 e. The fourth-order valence-corrected chi connectivity index (χ4v) is 3.95. The molecule has 2 aliphatic rings. The van der Waals surface area contributed by atoms with E-state index in [0.717, 1.165) is 23.1 Å². The van der Waals surface area contributed by atoms with Gasteiger partial charge < -0.3 is 5.73 Å². The van der Waals surface area contributed by atoms with Crippen molar-refractivity contribution in [1.82, 2.24) is 19.4 Å². The van der Waals surface area contributed by atoms with Crippen LogP contribution in [-0.4, -0.2) is 38.6 Å². The van der Waals surface area contributed by atoms with Crippen molar-refractivity contribution in [1.29, 1.82) is 0 Å². The zero-order valence-electron chi connectivity index (χ0n) is 11.9. The van der Waals surface area contributed by atoms with Crippen LogP contribution in [-0.2, 0) is 0 Å². The summed E-state index contributed by atoms with van der Waals surface area (Å²) in [4.78, 5) is 11.7. The van der Waals surface area contributed by atoms with Crippen molar-refractivity contribution in [3.05, 3.63) is 17.8 Å². The molecular formula is C15H21N5. The average Bonchev–Trinajstić information content (AvgIpc) is 2.98. The minimum absolute atomic E-state index is 0.440. The first-order valence-electron chi connectivity index (χ1n) is 7.58. The predicted molar refractivity (Wildman–Crippen MR) is 79.5 cm³/mol. The molecule has 2 N–H and O–H groups in total. The zero-order valence-corrected chi connectivity index (χ0v) is 11.9. The third-order valence-corrected chi connectivity index (χ3v) is 4.85. The number of aromatic nitrogens is 3. The van der Waals surface area contributed by atoms with Crippen molar-refractivity contribution in [3.63, 3.8) is 0 Å². The molecule has 2 aliphatic heterocycles. The summed E-state index contributed by atoms with van der Waals surface area (Å²) in [5.41, 5.74) is 9.21. The van der Waals surface area contributed by atoms with Gasteiger partial charge in [-0.3, -0.25) is 9.47 Å². The highest BCUT2D eigenvalue weighted by Gasteiger charge is 2.38. The first kappa shape index (κ1) is 12.1. The summed E-state index contributed by atoms with van der Waals surface area (Å²) in [6.07, 6.45) is 7.01. The van der Waals surface area contributed by atoms with Gasteiger partial charge in [0.2, 0.25) is 5.95 Å². The van der Waals surface area contributed by atoms with Crippen molar-refractivity contribution in [3.8, 4) is 0 Å². The summed E-state index contributed by atoms with van der Waals surface area (Å²) in [5, 5.41) is 0. The Bertz CT molecular complexity index is 647. The maximum atomic E-state index is 6.20. The molecule has 0 radical (unpaired) electrons. The molecule has 0 aliphatic carbocycles. The van der Waals surface area contributed by atoms with Gasteiger partial charge >= 0.3 is 0 Å². The third-order valence-electron chi connectivity index (χ3n) is 4.85. The maximum Gasteiger partial charge on any atom is 0.202 e. The van der Waals surface area contributed by atoms with Crippen molar-refractivity contribution >= 4 is 17.1 Å². The van der Waals surface area contributed by atoms with Crippen LogP contribution in [0.25, 0.3) is 11.2 Å². The van der Waals surface area contributed by atoms with Gasteiger partial charge in [0.05, 0.1) is 6.04 Å². The number of piperidine rings is 1. The van der Waals surface area contributed by atoms with Crippen molar-refractivity contribution < 1.29 is 0 Å². The number of pyridine rings is 1. The van der Waals surface area contributed by atoms with E-state index in [1.807, 2.05) is 13.1 Å². The predicted octanol–water partition coefficient (Wildman–Crippen LogP) is 2.12. The third kappa shape index (κ3) is 1.73. The van der Waals surface area contributed by atoms with Gasteiger partial charge in [0, 0.05) is 18.8 Å². The topological polar surface area (TPSA) is 60.0 Å². The molecule has 0 saturated carbocycles. The molecule has 2 unspecified atom stereocenters. The minimum atomic E-state index is 0.440. The van der Waals surface area contributed by atoms with Crippen molar-refractivity contribution in [2.45, 2.75) is 44.7 Å². The van der Waals surface area contributed by atoms with E-state index in [9.17, 15) is 0 Å². The molecule has 20 heavy (non-hydrogen) atoms. The largest absolute Gasteiger partial charge is 0.369 e. The summed E-state index contributed by atoms with van der Waals surface area (Å²) in [6, 6.07) is 3.13. The van der Waals surface area contributed by atoms with Crippen LogP contribution in [0.3, 0.4) is 0 Å². The quantitative estimate of drug-likeness (QED) is 0.863. The summed E-state index contributed by atoms with van der Waals surface area (Å²) in [5.74, 6) is 0.621. The second kappa shape index (κ2) is 4.45. The lowest BCUT2D eigenvalue weighted by Crippen LogP contribution is -2.38. The van der Waals surface area contributed by atoms with Gasteiger partial charge in [-0.1, -0.05) is 6.42 Å².